The van der Waals surface area contributed by atoms with Crippen molar-refractivity contribution in [2.24, 2.45) is 5.92 Å². The highest BCUT2D eigenvalue weighted by atomic mass is 35.5. The van der Waals surface area contributed by atoms with Crippen LogP contribution < -0.4 is 16.0 Å². The van der Waals surface area contributed by atoms with Crippen LogP contribution in [-0.4, -0.2) is 17.9 Å². The molecule has 0 aliphatic carbocycles. The van der Waals surface area contributed by atoms with Gasteiger partial charge in [0.15, 0.2) is 0 Å². The largest absolute Gasteiger partial charge is 0.350 e. The molecule has 0 spiro atoms. The number of amides is 2. The van der Waals surface area contributed by atoms with Gasteiger partial charge in [-0.15, -0.1) is 0 Å². The van der Waals surface area contributed by atoms with E-state index in [0.29, 0.717) is 23.6 Å². The highest BCUT2D eigenvalue weighted by molar-refractivity contribution is 6.30. The van der Waals surface area contributed by atoms with E-state index in [-0.39, 0.29) is 17.7 Å². The molecule has 0 bridgehead atoms. The van der Waals surface area contributed by atoms with Gasteiger partial charge in [-0.2, -0.15) is 0 Å². The zero-order valence-electron chi connectivity index (χ0n) is 16.2. The quantitative estimate of drug-likeness (QED) is 0.668. The van der Waals surface area contributed by atoms with Gasteiger partial charge in [0.1, 0.15) is 6.04 Å². The minimum Gasteiger partial charge on any atom is -0.350 e. The first-order valence-electron chi connectivity index (χ1n) is 9.58. The molecule has 0 saturated carbocycles. The summed E-state index contributed by atoms with van der Waals surface area (Å²) < 4.78 is 0. The third-order valence-electron chi connectivity index (χ3n) is 4.80. The van der Waals surface area contributed by atoms with Gasteiger partial charge in [0.05, 0.1) is 0 Å². The molecule has 1 aliphatic heterocycles. The number of hydrogen-bond acceptors (Lipinski definition) is 3. The van der Waals surface area contributed by atoms with E-state index in [1.807, 2.05) is 19.9 Å². The zero-order chi connectivity index (χ0) is 20.1. The van der Waals surface area contributed by atoms with Crippen molar-refractivity contribution in [2.75, 3.05) is 0 Å². The molecule has 2 amide bonds. The number of carbonyl (C=O) groups excluding carboxylic acids is 2. The van der Waals surface area contributed by atoms with Crippen LogP contribution in [0.3, 0.4) is 0 Å². The summed E-state index contributed by atoms with van der Waals surface area (Å²) in [6, 6.07) is 12.3. The summed E-state index contributed by atoms with van der Waals surface area (Å²) in [4.78, 5) is 25.3. The third kappa shape index (κ3) is 5.33. The molecule has 0 saturated heterocycles. The second-order valence-electron chi connectivity index (χ2n) is 7.59. The lowest BCUT2D eigenvalue weighted by molar-refractivity contribution is -0.123. The molecular formula is C22H26ClN3O2. The maximum Gasteiger partial charge on any atom is 0.251 e. The minimum atomic E-state index is -0.584. The predicted molar refractivity (Wildman–Crippen MR) is 111 cm³/mol. The topological polar surface area (TPSA) is 70.2 Å². The first kappa shape index (κ1) is 20.4. The van der Waals surface area contributed by atoms with E-state index < -0.39 is 6.04 Å². The molecule has 148 valence electrons. The molecule has 2 aromatic rings. The van der Waals surface area contributed by atoms with Gasteiger partial charge in [-0.3, -0.25) is 9.59 Å². The number of carbonyl (C=O) groups is 2. The summed E-state index contributed by atoms with van der Waals surface area (Å²) in [5.41, 5.74) is 4.13. The summed E-state index contributed by atoms with van der Waals surface area (Å²) in [6.07, 6.45) is 0.569. The minimum absolute atomic E-state index is 0.172. The average molecular weight is 400 g/mol. The van der Waals surface area contributed by atoms with Crippen molar-refractivity contribution in [3.8, 4) is 0 Å². The molecule has 1 atom stereocenters. The molecule has 0 fully saturated rings. The maximum absolute atomic E-state index is 12.7. The number of halogens is 1. The van der Waals surface area contributed by atoms with Crippen LogP contribution in [0.15, 0.2) is 42.5 Å². The fourth-order valence-corrected chi connectivity index (χ4v) is 3.44. The number of nitrogens with one attached hydrogen (secondary N) is 3. The Morgan fingerprint density at radius 1 is 1.07 bits per heavy atom. The van der Waals surface area contributed by atoms with Gasteiger partial charge < -0.3 is 16.0 Å². The van der Waals surface area contributed by atoms with Gasteiger partial charge in [0.2, 0.25) is 5.91 Å². The lowest BCUT2D eigenvalue weighted by atomic mass is 10.0. The smallest absolute Gasteiger partial charge is 0.251 e. The number of fused-ring (bicyclic) bond motifs is 1. The normalized spacial score (nSPS) is 13.9. The Bertz CT molecular complexity index is 849. The second-order valence-corrected chi connectivity index (χ2v) is 8.02. The van der Waals surface area contributed by atoms with Gasteiger partial charge in [0.25, 0.3) is 5.91 Å². The average Bonchev–Trinajstić information content (AvgIpc) is 3.13. The van der Waals surface area contributed by atoms with Crippen LogP contribution in [0.25, 0.3) is 0 Å². The number of hydrogen-bond donors (Lipinski definition) is 3. The van der Waals surface area contributed by atoms with Gasteiger partial charge in [0, 0.05) is 30.2 Å². The monoisotopic (exact) mass is 399 g/mol. The molecular weight excluding hydrogens is 374 g/mol. The van der Waals surface area contributed by atoms with Crippen molar-refractivity contribution in [1.29, 1.82) is 0 Å². The molecule has 0 aromatic heterocycles. The highest BCUT2D eigenvalue weighted by Crippen LogP contribution is 2.17. The third-order valence-corrected chi connectivity index (χ3v) is 5.06. The van der Waals surface area contributed by atoms with Crippen molar-refractivity contribution in [1.82, 2.24) is 16.0 Å². The molecule has 2 aromatic carbocycles. The van der Waals surface area contributed by atoms with Gasteiger partial charge in [-0.25, -0.2) is 0 Å². The summed E-state index contributed by atoms with van der Waals surface area (Å²) in [5, 5.41) is 9.71. The molecule has 3 N–H and O–H groups in total. The first-order valence-corrected chi connectivity index (χ1v) is 9.95. The van der Waals surface area contributed by atoms with Crippen LogP contribution in [0.1, 0.15) is 47.3 Å². The van der Waals surface area contributed by atoms with Crippen molar-refractivity contribution >= 4 is 23.4 Å². The van der Waals surface area contributed by atoms with E-state index in [1.54, 1.807) is 24.3 Å². The molecule has 28 heavy (non-hydrogen) atoms. The van der Waals surface area contributed by atoms with Crippen LogP contribution >= 0.6 is 11.6 Å². The Balaban J connectivity index is 1.62. The van der Waals surface area contributed by atoms with Crippen molar-refractivity contribution < 1.29 is 9.59 Å². The van der Waals surface area contributed by atoms with Crippen LogP contribution in [0.4, 0.5) is 0 Å². The lowest BCUT2D eigenvalue weighted by Gasteiger charge is -2.20. The zero-order valence-corrected chi connectivity index (χ0v) is 17.0. The van der Waals surface area contributed by atoms with E-state index in [4.69, 9.17) is 11.6 Å². The molecule has 1 heterocycles. The molecule has 5 nitrogen and oxygen atoms in total. The Morgan fingerprint density at radius 3 is 2.50 bits per heavy atom. The number of benzene rings is 2. The van der Waals surface area contributed by atoms with E-state index >= 15 is 0 Å². The lowest BCUT2D eigenvalue weighted by Crippen LogP contribution is -2.47. The Hall–Kier alpha value is -2.37. The Labute approximate surface area is 170 Å². The van der Waals surface area contributed by atoms with Gasteiger partial charge >= 0.3 is 0 Å². The molecule has 1 aliphatic rings. The standard InChI is InChI=1S/C22H26ClN3O2/c1-14(2)9-20(26-21(27)16-5-7-19(23)8-6-16)22(28)25-11-15-3-4-17-12-24-13-18(17)10-15/h3-8,10,14,20,24H,9,11-13H2,1-2H3,(H,25,28)(H,26,27). The fraction of sp³-hybridized carbons (Fsp3) is 0.364. The van der Waals surface area contributed by atoms with Crippen LogP contribution in [-0.2, 0) is 24.4 Å². The van der Waals surface area contributed by atoms with E-state index in [9.17, 15) is 9.59 Å². The summed E-state index contributed by atoms with van der Waals surface area (Å²) in [5.74, 6) is -0.178. The van der Waals surface area contributed by atoms with Crippen LogP contribution in [0, 0.1) is 5.92 Å². The van der Waals surface area contributed by atoms with E-state index in [2.05, 4.69) is 28.1 Å². The molecule has 3 rings (SSSR count). The molecule has 6 heteroatoms. The van der Waals surface area contributed by atoms with Gasteiger partial charge in [-0.1, -0.05) is 43.6 Å². The van der Waals surface area contributed by atoms with Crippen molar-refractivity contribution in [2.45, 2.75) is 45.9 Å². The summed E-state index contributed by atoms with van der Waals surface area (Å²) >= 11 is 5.88. The van der Waals surface area contributed by atoms with Crippen molar-refractivity contribution in [3.63, 3.8) is 0 Å². The highest BCUT2D eigenvalue weighted by Gasteiger charge is 2.22. The Morgan fingerprint density at radius 2 is 1.79 bits per heavy atom. The summed E-state index contributed by atoms with van der Waals surface area (Å²) in [7, 11) is 0. The van der Waals surface area contributed by atoms with Crippen molar-refractivity contribution in [3.05, 3.63) is 69.7 Å². The SMILES string of the molecule is CC(C)CC(NC(=O)c1ccc(Cl)cc1)C(=O)NCc1ccc2c(c1)CNC2. The summed E-state index contributed by atoms with van der Waals surface area (Å²) in [6.45, 7) is 6.27. The van der Waals surface area contributed by atoms with E-state index in [0.717, 1.165) is 18.7 Å². The Kier molecular flexibility index (Phi) is 6.70. The second kappa shape index (κ2) is 9.22. The maximum atomic E-state index is 12.7. The van der Waals surface area contributed by atoms with Crippen LogP contribution in [0.5, 0.6) is 0 Å². The fourth-order valence-electron chi connectivity index (χ4n) is 3.32. The number of rotatable bonds is 7. The molecule has 1 unspecified atom stereocenters. The molecule has 0 radical (unpaired) electrons. The first-order chi connectivity index (χ1) is 13.4. The van der Waals surface area contributed by atoms with Gasteiger partial charge in [-0.05, 0) is 53.3 Å². The van der Waals surface area contributed by atoms with Crippen LogP contribution in [0.2, 0.25) is 5.02 Å². The van der Waals surface area contributed by atoms with E-state index in [1.165, 1.54) is 11.1 Å². The predicted octanol–water partition coefficient (Wildman–Crippen LogP) is 3.40.